The van der Waals surface area contributed by atoms with E-state index in [0.717, 1.165) is 10.6 Å². The lowest BCUT2D eigenvalue weighted by Gasteiger charge is -2.08. The molecule has 1 aromatic heterocycles. The summed E-state index contributed by atoms with van der Waals surface area (Å²) in [4.78, 5) is 28.7. The van der Waals surface area contributed by atoms with E-state index in [1.807, 2.05) is 30.5 Å². The van der Waals surface area contributed by atoms with Crippen LogP contribution in [0.5, 0.6) is 17.2 Å². The highest BCUT2D eigenvalue weighted by Gasteiger charge is 2.12. The normalized spacial score (nSPS) is 10.3. The van der Waals surface area contributed by atoms with E-state index in [0.29, 0.717) is 35.1 Å². The van der Waals surface area contributed by atoms with E-state index in [9.17, 15) is 9.59 Å². The van der Waals surface area contributed by atoms with E-state index < -0.39 is 5.97 Å². The molecule has 2 aromatic carbocycles. The molecule has 0 aliphatic rings. The first kappa shape index (κ1) is 23.1. The summed E-state index contributed by atoms with van der Waals surface area (Å²) in [6.45, 7) is 2.21. The SMILES string of the molecule is CCOc1ccc(C(=O)NCC(=O)OCc2csc(-c3ccc(OC)c(OC)c3)n2)cc1. The van der Waals surface area contributed by atoms with Crippen LogP contribution < -0.4 is 19.5 Å². The first-order valence-electron chi connectivity index (χ1n) is 9.87. The van der Waals surface area contributed by atoms with Gasteiger partial charge in [0.05, 0.1) is 26.5 Å². The third-order valence-electron chi connectivity index (χ3n) is 4.38. The highest BCUT2D eigenvalue weighted by Crippen LogP contribution is 2.33. The zero-order chi connectivity index (χ0) is 22.9. The molecule has 0 spiro atoms. The Balaban J connectivity index is 1.49. The molecule has 168 valence electrons. The van der Waals surface area contributed by atoms with E-state index in [1.54, 1.807) is 38.5 Å². The van der Waals surface area contributed by atoms with Crippen LogP contribution in [0.2, 0.25) is 0 Å². The molecule has 1 N–H and O–H groups in total. The summed E-state index contributed by atoms with van der Waals surface area (Å²) in [5.41, 5.74) is 1.92. The Morgan fingerprint density at radius 3 is 2.47 bits per heavy atom. The monoisotopic (exact) mass is 456 g/mol. The largest absolute Gasteiger partial charge is 0.494 e. The fourth-order valence-electron chi connectivity index (χ4n) is 2.80. The zero-order valence-corrected chi connectivity index (χ0v) is 18.9. The zero-order valence-electron chi connectivity index (χ0n) is 18.0. The van der Waals surface area contributed by atoms with Gasteiger partial charge in [-0.1, -0.05) is 0 Å². The lowest BCUT2D eigenvalue weighted by molar-refractivity contribution is -0.143. The minimum absolute atomic E-state index is 0.0154. The van der Waals surface area contributed by atoms with Crippen molar-refractivity contribution in [3.63, 3.8) is 0 Å². The Morgan fingerprint density at radius 2 is 1.78 bits per heavy atom. The maximum Gasteiger partial charge on any atom is 0.325 e. The van der Waals surface area contributed by atoms with E-state index in [4.69, 9.17) is 18.9 Å². The average Bonchev–Trinajstić information content (AvgIpc) is 3.30. The van der Waals surface area contributed by atoms with Gasteiger partial charge in [0, 0.05) is 16.5 Å². The van der Waals surface area contributed by atoms with Gasteiger partial charge in [-0.25, -0.2) is 4.98 Å². The van der Waals surface area contributed by atoms with Crippen LogP contribution in [0.3, 0.4) is 0 Å². The Morgan fingerprint density at radius 1 is 1.03 bits per heavy atom. The van der Waals surface area contributed by atoms with E-state index in [2.05, 4.69) is 10.3 Å². The highest BCUT2D eigenvalue weighted by atomic mass is 32.1. The van der Waals surface area contributed by atoms with Crippen molar-refractivity contribution < 1.29 is 28.5 Å². The number of benzene rings is 2. The van der Waals surface area contributed by atoms with Crippen molar-refractivity contribution in [1.82, 2.24) is 10.3 Å². The van der Waals surface area contributed by atoms with Crippen molar-refractivity contribution >= 4 is 23.2 Å². The number of carbonyl (C=O) groups is 2. The molecule has 3 rings (SSSR count). The van der Waals surface area contributed by atoms with Gasteiger partial charge in [0.15, 0.2) is 11.5 Å². The number of carbonyl (C=O) groups excluding carboxylic acids is 2. The molecule has 1 amide bonds. The van der Waals surface area contributed by atoms with Gasteiger partial charge in [-0.15, -0.1) is 11.3 Å². The fraction of sp³-hybridized carbons (Fsp3) is 0.261. The molecule has 0 aliphatic carbocycles. The van der Waals surface area contributed by atoms with Crippen LogP contribution in [0.25, 0.3) is 10.6 Å². The lowest BCUT2D eigenvalue weighted by atomic mass is 10.2. The van der Waals surface area contributed by atoms with Gasteiger partial charge < -0.3 is 24.3 Å². The van der Waals surface area contributed by atoms with Crippen molar-refractivity contribution in [2.45, 2.75) is 13.5 Å². The Kier molecular flexibility index (Phi) is 8.04. The molecular formula is C23H24N2O6S. The summed E-state index contributed by atoms with van der Waals surface area (Å²) >= 11 is 1.43. The maximum absolute atomic E-state index is 12.2. The molecular weight excluding hydrogens is 432 g/mol. The van der Waals surface area contributed by atoms with Crippen molar-refractivity contribution in [2.75, 3.05) is 27.4 Å². The molecule has 8 nitrogen and oxygen atoms in total. The van der Waals surface area contributed by atoms with Crippen LogP contribution in [0.15, 0.2) is 47.8 Å². The summed E-state index contributed by atoms with van der Waals surface area (Å²) in [6, 6.07) is 12.2. The topological polar surface area (TPSA) is 96.0 Å². The molecule has 0 saturated carbocycles. The van der Waals surface area contributed by atoms with Gasteiger partial charge >= 0.3 is 5.97 Å². The maximum atomic E-state index is 12.2. The number of amides is 1. The van der Waals surface area contributed by atoms with E-state index in [1.165, 1.54) is 11.3 Å². The third-order valence-corrected chi connectivity index (χ3v) is 5.32. The lowest BCUT2D eigenvalue weighted by Crippen LogP contribution is -2.30. The average molecular weight is 457 g/mol. The predicted octanol–water partition coefficient (Wildman–Crippen LogP) is 3.70. The molecule has 3 aromatic rings. The van der Waals surface area contributed by atoms with Gasteiger partial charge in [-0.2, -0.15) is 0 Å². The molecule has 9 heteroatoms. The summed E-state index contributed by atoms with van der Waals surface area (Å²) in [6.07, 6.45) is 0. The summed E-state index contributed by atoms with van der Waals surface area (Å²) in [5, 5.41) is 5.13. The second-order valence-corrected chi connectivity index (χ2v) is 7.37. The molecule has 0 unspecified atom stereocenters. The molecule has 0 saturated heterocycles. The third kappa shape index (κ3) is 5.98. The van der Waals surface area contributed by atoms with E-state index in [-0.39, 0.29) is 19.1 Å². The summed E-state index contributed by atoms with van der Waals surface area (Å²) in [5.74, 6) is 1.00. The van der Waals surface area contributed by atoms with Gasteiger partial charge in [-0.05, 0) is 49.4 Å². The number of nitrogens with one attached hydrogen (secondary N) is 1. The minimum Gasteiger partial charge on any atom is -0.494 e. The summed E-state index contributed by atoms with van der Waals surface area (Å²) < 4.78 is 21.1. The number of rotatable bonds is 10. The number of hydrogen-bond donors (Lipinski definition) is 1. The van der Waals surface area contributed by atoms with Crippen LogP contribution >= 0.6 is 11.3 Å². The van der Waals surface area contributed by atoms with Gasteiger partial charge in [-0.3, -0.25) is 9.59 Å². The second-order valence-electron chi connectivity index (χ2n) is 6.51. The summed E-state index contributed by atoms with van der Waals surface area (Å²) in [7, 11) is 3.15. The standard InChI is InChI=1S/C23H24N2O6S/c1-4-30-18-8-5-15(6-9-18)22(27)24-12-21(26)31-13-17-14-32-23(25-17)16-7-10-19(28-2)20(11-16)29-3/h5-11,14H,4,12-13H2,1-3H3,(H,24,27). The van der Waals surface area contributed by atoms with Crippen LogP contribution in [0, 0.1) is 0 Å². The first-order valence-corrected chi connectivity index (χ1v) is 10.8. The Bertz CT molecular complexity index is 1060. The highest BCUT2D eigenvalue weighted by molar-refractivity contribution is 7.13. The number of aromatic nitrogens is 1. The Hall–Kier alpha value is -3.59. The van der Waals surface area contributed by atoms with Crippen LogP contribution in [0.1, 0.15) is 23.0 Å². The molecule has 1 heterocycles. The molecule has 0 bridgehead atoms. The van der Waals surface area contributed by atoms with Crippen molar-refractivity contribution in [3.8, 4) is 27.8 Å². The Labute approximate surface area is 190 Å². The van der Waals surface area contributed by atoms with Crippen molar-refractivity contribution in [2.24, 2.45) is 0 Å². The quantitative estimate of drug-likeness (QED) is 0.465. The number of hydrogen-bond acceptors (Lipinski definition) is 8. The van der Waals surface area contributed by atoms with Gasteiger partial charge in [0.2, 0.25) is 0 Å². The number of nitrogens with zero attached hydrogens (tertiary/aromatic N) is 1. The van der Waals surface area contributed by atoms with Crippen molar-refractivity contribution in [3.05, 3.63) is 59.1 Å². The smallest absolute Gasteiger partial charge is 0.325 e. The predicted molar refractivity (Wildman–Crippen MR) is 120 cm³/mol. The molecule has 0 fully saturated rings. The number of thiazole rings is 1. The number of esters is 1. The molecule has 32 heavy (non-hydrogen) atoms. The van der Waals surface area contributed by atoms with Crippen LogP contribution in [0.4, 0.5) is 0 Å². The fourth-order valence-corrected chi connectivity index (χ4v) is 3.61. The molecule has 0 radical (unpaired) electrons. The van der Waals surface area contributed by atoms with Gasteiger partial charge in [0.25, 0.3) is 5.91 Å². The van der Waals surface area contributed by atoms with E-state index >= 15 is 0 Å². The second kappa shape index (κ2) is 11.1. The minimum atomic E-state index is -0.551. The van der Waals surface area contributed by atoms with Crippen LogP contribution in [-0.2, 0) is 16.1 Å². The first-order chi connectivity index (χ1) is 15.5. The van der Waals surface area contributed by atoms with Crippen molar-refractivity contribution in [1.29, 1.82) is 0 Å². The molecule has 0 atom stereocenters. The molecule has 0 aliphatic heterocycles. The van der Waals surface area contributed by atoms with Crippen LogP contribution in [-0.4, -0.2) is 44.2 Å². The number of methoxy groups -OCH3 is 2. The van der Waals surface area contributed by atoms with Gasteiger partial charge in [0.1, 0.15) is 23.9 Å². The number of ether oxygens (including phenoxy) is 4.